The number of carboxylic acids is 1. The van der Waals surface area contributed by atoms with Crippen molar-refractivity contribution in [2.75, 3.05) is 5.75 Å². The Labute approximate surface area is 91.8 Å². The fourth-order valence-corrected chi connectivity index (χ4v) is 1.52. The minimum atomic E-state index is -1.14. The molecule has 0 unspecified atom stereocenters. The van der Waals surface area contributed by atoms with Gasteiger partial charge in [0, 0.05) is 12.2 Å². The van der Waals surface area contributed by atoms with Gasteiger partial charge in [0.2, 0.25) is 11.8 Å². The molecule has 0 radical (unpaired) electrons. The van der Waals surface area contributed by atoms with Crippen LogP contribution in [0.3, 0.4) is 0 Å². The Hall–Kier alpha value is -1.24. The van der Waals surface area contributed by atoms with E-state index in [-0.39, 0.29) is 11.7 Å². The number of amides is 2. The first-order valence-electron chi connectivity index (χ1n) is 4.48. The van der Waals surface area contributed by atoms with Crippen molar-refractivity contribution in [2.24, 2.45) is 0 Å². The van der Waals surface area contributed by atoms with Crippen molar-refractivity contribution in [3.8, 4) is 0 Å². The first kappa shape index (κ1) is 11.8. The number of aliphatic carboxylic acids is 1. The average Bonchev–Trinajstić information content (AvgIpc) is 2.60. The molecule has 2 atom stereocenters. The van der Waals surface area contributed by atoms with Gasteiger partial charge in [0.15, 0.2) is 0 Å². The van der Waals surface area contributed by atoms with Crippen LogP contribution in [0.2, 0.25) is 0 Å². The topological polar surface area (TPSA) is 95.5 Å². The van der Waals surface area contributed by atoms with Crippen LogP contribution in [0.1, 0.15) is 12.8 Å². The Bertz CT molecular complexity index is 294. The van der Waals surface area contributed by atoms with Gasteiger partial charge in [0.25, 0.3) is 0 Å². The molecule has 84 valence electrons. The highest BCUT2D eigenvalue weighted by Gasteiger charge is 2.29. The molecule has 0 aromatic carbocycles. The Morgan fingerprint density at radius 1 is 1.67 bits per heavy atom. The third-order valence-electron chi connectivity index (χ3n) is 2.11. The van der Waals surface area contributed by atoms with E-state index in [0.29, 0.717) is 12.8 Å². The van der Waals surface area contributed by atoms with E-state index in [0.717, 1.165) is 0 Å². The number of hydrogen-bond donors (Lipinski definition) is 4. The normalized spacial score (nSPS) is 21.9. The van der Waals surface area contributed by atoms with E-state index in [9.17, 15) is 14.4 Å². The Morgan fingerprint density at radius 2 is 2.33 bits per heavy atom. The Balaban J connectivity index is 2.47. The molecule has 0 bridgehead atoms. The predicted octanol–water partition coefficient (Wildman–Crippen LogP) is -1.24. The fraction of sp³-hybridized carbons (Fsp3) is 0.625. The van der Waals surface area contributed by atoms with E-state index in [4.69, 9.17) is 5.11 Å². The maximum absolute atomic E-state index is 11.4. The van der Waals surface area contributed by atoms with Crippen LogP contribution in [0.5, 0.6) is 0 Å². The molecular formula is C8H12N2O4S. The molecule has 0 aromatic rings. The number of hydrogen-bond acceptors (Lipinski definition) is 4. The van der Waals surface area contributed by atoms with Crippen molar-refractivity contribution >= 4 is 30.4 Å². The molecule has 0 spiro atoms. The molecule has 1 saturated heterocycles. The van der Waals surface area contributed by atoms with Crippen LogP contribution in [-0.4, -0.2) is 40.7 Å². The van der Waals surface area contributed by atoms with E-state index < -0.39 is 24.0 Å². The molecule has 1 fully saturated rings. The maximum Gasteiger partial charge on any atom is 0.327 e. The molecule has 6 nitrogen and oxygen atoms in total. The summed E-state index contributed by atoms with van der Waals surface area (Å²) in [6.45, 7) is 0. The number of carbonyl (C=O) groups is 3. The predicted molar refractivity (Wildman–Crippen MR) is 54.6 cm³/mol. The van der Waals surface area contributed by atoms with Crippen molar-refractivity contribution in [3.63, 3.8) is 0 Å². The molecule has 2 amide bonds. The number of nitrogens with one attached hydrogen (secondary N) is 2. The highest BCUT2D eigenvalue weighted by Crippen LogP contribution is 2.06. The molecule has 0 aliphatic carbocycles. The zero-order chi connectivity index (χ0) is 11.4. The van der Waals surface area contributed by atoms with Gasteiger partial charge in [-0.05, 0) is 6.42 Å². The van der Waals surface area contributed by atoms with Crippen LogP contribution in [0.25, 0.3) is 0 Å². The highest BCUT2D eigenvalue weighted by molar-refractivity contribution is 7.80. The second-order valence-corrected chi connectivity index (χ2v) is 3.61. The molecule has 1 aliphatic heterocycles. The van der Waals surface area contributed by atoms with Crippen LogP contribution >= 0.6 is 12.6 Å². The molecule has 1 rings (SSSR count). The van der Waals surface area contributed by atoms with E-state index in [1.807, 2.05) is 0 Å². The van der Waals surface area contributed by atoms with Gasteiger partial charge in [-0.3, -0.25) is 9.59 Å². The van der Waals surface area contributed by atoms with Gasteiger partial charge in [0.1, 0.15) is 12.1 Å². The minimum Gasteiger partial charge on any atom is -0.480 e. The smallest absolute Gasteiger partial charge is 0.327 e. The lowest BCUT2D eigenvalue weighted by atomic mass is 10.2. The van der Waals surface area contributed by atoms with Crippen LogP contribution in [0.15, 0.2) is 0 Å². The molecule has 1 heterocycles. The van der Waals surface area contributed by atoms with Crippen LogP contribution in [0, 0.1) is 0 Å². The maximum atomic E-state index is 11.4. The van der Waals surface area contributed by atoms with Gasteiger partial charge >= 0.3 is 5.97 Å². The van der Waals surface area contributed by atoms with E-state index in [1.165, 1.54) is 0 Å². The summed E-state index contributed by atoms with van der Waals surface area (Å²) >= 11 is 3.81. The third-order valence-corrected chi connectivity index (χ3v) is 2.47. The lowest BCUT2D eigenvalue weighted by molar-refractivity contribution is -0.141. The van der Waals surface area contributed by atoms with Crippen LogP contribution in [-0.2, 0) is 14.4 Å². The molecule has 1 aliphatic rings. The van der Waals surface area contributed by atoms with E-state index >= 15 is 0 Å². The van der Waals surface area contributed by atoms with Gasteiger partial charge in [0.05, 0.1) is 0 Å². The lowest BCUT2D eigenvalue weighted by Gasteiger charge is -2.15. The monoisotopic (exact) mass is 232 g/mol. The SMILES string of the molecule is O=C1CC[C@H](C(=O)N[C@@H](CS)C(=O)O)N1. The average molecular weight is 232 g/mol. The molecule has 7 heteroatoms. The zero-order valence-electron chi connectivity index (χ0n) is 7.90. The van der Waals surface area contributed by atoms with Crippen LogP contribution < -0.4 is 10.6 Å². The first-order valence-corrected chi connectivity index (χ1v) is 5.11. The van der Waals surface area contributed by atoms with Gasteiger partial charge in [-0.25, -0.2) is 4.79 Å². The summed E-state index contributed by atoms with van der Waals surface area (Å²) < 4.78 is 0. The highest BCUT2D eigenvalue weighted by atomic mass is 32.1. The summed E-state index contributed by atoms with van der Waals surface area (Å²) in [6.07, 6.45) is 0.709. The Morgan fingerprint density at radius 3 is 2.73 bits per heavy atom. The summed E-state index contributed by atoms with van der Waals surface area (Å²) in [5.74, 6) is -1.78. The second-order valence-electron chi connectivity index (χ2n) is 3.24. The van der Waals surface area contributed by atoms with E-state index in [2.05, 4.69) is 23.3 Å². The van der Waals surface area contributed by atoms with E-state index in [1.54, 1.807) is 0 Å². The van der Waals surface area contributed by atoms with Gasteiger partial charge in [-0.2, -0.15) is 12.6 Å². The summed E-state index contributed by atoms with van der Waals surface area (Å²) in [5.41, 5.74) is 0. The fourth-order valence-electron chi connectivity index (χ4n) is 1.27. The van der Waals surface area contributed by atoms with Crippen molar-refractivity contribution in [1.29, 1.82) is 0 Å². The summed E-state index contributed by atoms with van der Waals surface area (Å²) in [4.78, 5) is 32.9. The quantitative estimate of drug-likeness (QED) is 0.456. The number of carboxylic acid groups (broad SMARTS) is 1. The molecule has 15 heavy (non-hydrogen) atoms. The molecule has 0 saturated carbocycles. The first-order chi connectivity index (χ1) is 7.04. The largest absolute Gasteiger partial charge is 0.480 e. The van der Waals surface area contributed by atoms with Crippen molar-refractivity contribution in [3.05, 3.63) is 0 Å². The Kier molecular flexibility index (Phi) is 3.96. The summed E-state index contributed by atoms with van der Waals surface area (Å²) in [6, 6.07) is -1.63. The number of thiol groups is 1. The zero-order valence-corrected chi connectivity index (χ0v) is 8.79. The standard InChI is InChI=1S/C8H12N2O4S/c11-6-2-1-4(9-6)7(12)10-5(3-15)8(13)14/h4-5,15H,1-3H2,(H,9,11)(H,10,12)(H,13,14)/t4-,5+/m1/s1. The number of carbonyl (C=O) groups excluding carboxylic acids is 2. The summed E-state index contributed by atoms with van der Waals surface area (Å²) in [5, 5.41) is 13.4. The van der Waals surface area contributed by atoms with Gasteiger partial charge < -0.3 is 15.7 Å². The summed E-state index contributed by atoms with van der Waals surface area (Å²) in [7, 11) is 0. The molecular weight excluding hydrogens is 220 g/mol. The number of rotatable bonds is 4. The van der Waals surface area contributed by atoms with Crippen molar-refractivity contribution in [1.82, 2.24) is 10.6 Å². The molecule has 3 N–H and O–H groups in total. The van der Waals surface area contributed by atoms with Crippen molar-refractivity contribution in [2.45, 2.75) is 24.9 Å². The minimum absolute atomic E-state index is 0.0156. The van der Waals surface area contributed by atoms with Crippen molar-refractivity contribution < 1.29 is 19.5 Å². The second kappa shape index (κ2) is 5.01. The third kappa shape index (κ3) is 3.12. The molecule has 0 aromatic heterocycles. The van der Waals surface area contributed by atoms with Gasteiger partial charge in [-0.15, -0.1) is 0 Å². The van der Waals surface area contributed by atoms with Crippen LogP contribution in [0.4, 0.5) is 0 Å². The van der Waals surface area contributed by atoms with Gasteiger partial charge in [-0.1, -0.05) is 0 Å². The lowest BCUT2D eigenvalue weighted by Crippen LogP contribution is -2.49.